The van der Waals surface area contributed by atoms with Gasteiger partial charge < -0.3 is 9.88 Å². The molecule has 2 fully saturated rings. The first-order valence-electron chi connectivity index (χ1n) is 11.3. The fourth-order valence-electron chi connectivity index (χ4n) is 4.43. The summed E-state index contributed by atoms with van der Waals surface area (Å²) in [5, 5.41) is 4.83. The van der Waals surface area contributed by atoms with E-state index in [4.69, 9.17) is 0 Å². The Balaban J connectivity index is 1.42. The summed E-state index contributed by atoms with van der Waals surface area (Å²) in [5.41, 5.74) is 2.71. The van der Waals surface area contributed by atoms with Crippen molar-refractivity contribution in [3.05, 3.63) is 71.3 Å². The van der Waals surface area contributed by atoms with Gasteiger partial charge in [0.05, 0.1) is 10.6 Å². The molecule has 2 amide bonds. The van der Waals surface area contributed by atoms with E-state index in [0.29, 0.717) is 16.1 Å². The minimum absolute atomic E-state index is 0.0326. The predicted octanol–water partition coefficient (Wildman–Crippen LogP) is 4.93. The minimum Gasteiger partial charge on any atom is -0.352 e. The van der Waals surface area contributed by atoms with Crippen molar-refractivity contribution in [1.82, 2.24) is 14.8 Å². The summed E-state index contributed by atoms with van der Waals surface area (Å²) in [6.07, 6.45) is 8.37. The SMILES string of the molecule is CN1C(=O)/C(=C/c2cn(CC(=O)NC3CCCC3)c3ccccc23)SC1=Nc1ccccc1. The van der Waals surface area contributed by atoms with Gasteiger partial charge in [0.2, 0.25) is 5.91 Å². The van der Waals surface area contributed by atoms with Crippen LogP contribution in [0, 0.1) is 0 Å². The predicted molar refractivity (Wildman–Crippen MR) is 134 cm³/mol. The van der Waals surface area contributed by atoms with Gasteiger partial charge in [-0.05, 0) is 48.9 Å². The molecule has 0 atom stereocenters. The van der Waals surface area contributed by atoms with E-state index in [1.165, 1.54) is 24.6 Å². The number of amides is 2. The maximum atomic E-state index is 12.9. The number of amidine groups is 1. The zero-order valence-electron chi connectivity index (χ0n) is 18.5. The van der Waals surface area contributed by atoms with Crippen LogP contribution in [0.3, 0.4) is 0 Å². The Hall–Kier alpha value is -3.32. The molecule has 2 aromatic carbocycles. The molecule has 2 heterocycles. The number of nitrogens with one attached hydrogen (secondary N) is 1. The Morgan fingerprint density at radius 2 is 1.85 bits per heavy atom. The zero-order chi connectivity index (χ0) is 22.8. The highest BCUT2D eigenvalue weighted by atomic mass is 32.2. The molecule has 1 aliphatic carbocycles. The number of carbonyl (C=O) groups is 2. The first kappa shape index (κ1) is 21.5. The van der Waals surface area contributed by atoms with E-state index < -0.39 is 0 Å². The monoisotopic (exact) mass is 458 g/mol. The lowest BCUT2D eigenvalue weighted by molar-refractivity contribution is -0.122. The normalized spacial score (nSPS) is 19.3. The van der Waals surface area contributed by atoms with Crippen LogP contribution in [-0.4, -0.2) is 39.5 Å². The van der Waals surface area contributed by atoms with Crippen molar-refractivity contribution < 1.29 is 9.59 Å². The molecular formula is C26H26N4O2S. The van der Waals surface area contributed by atoms with Crippen LogP contribution in [0.25, 0.3) is 17.0 Å². The molecule has 1 aliphatic heterocycles. The van der Waals surface area contributed by atoms with E-state index >= 15 is 0 Å². The molecule has 3 aromatic rings. The van der Waals surface area contributed by atoms with Gasteiger partial charge in [0, 0.05) is 35.8 Å². The van der Waals surface area contributed by atoms with Gasteiger partial charge in [-0.2, -0.15) is 0 Å². The molecular weight excluding hydrogens is 432 g/mol. The highest BCUT2D eigenvalue weighted by molar-refractivity contribution is 8.18. The summed E-state index contributed by atoms with van der Waals surface area (Å²) in [5.74, 6) is -0.0457. The Bertz CT molecular complexity index is 1260. The Morgan fingerprint density at radius 1 is 1.12 bits per heavy atom. The third kappa shape index (κ3) is 4.59. The summed E-state index contributed by atoms with van der Waals surface area (Å²) < 4.78 is 1.97. The number of benzene rings is 2. The van der Waals surface area contributed by atoms with Crippen LogP contribution in [0.1, 0.15) is 31.2 Å². The van der Waals surface area contributed by atoms with Crippen molar-refractivity contribution in [2.24, 2.45) is 4.99 Å². The number of nitrogens with zero attached hydrogens (tertiary/aromatic N) is 3. The average molecular weight is 459 g/mol. The summed E-state index contributed by atoms with van der Waals surface area (Å²) in [7, 11) is 1.74. The fourth-order valence-corrected chi connectivity index (χ4v) is 5.40. The number of hydrogen-bond donors (Lipinski definition) is 1. The largest absolute Gasteiger partial charge is 0.352 e. The third-order valence-electron chi connectivity index (χ3n) is 6.12. The molecule has 7 heteroatoms. The highest BCUT2D eigenvalue weighted by Gasteiger charge is 2.30. The number of hydrogen-bond acceptors (Lipinski definition) is 4. The van der Waals surface area contributed by atoms with E-state index in [-0.39, 0.29) is 18.4 Å². The number of rotatable bonds is 5. The maximum absolute atomic E-state index is 12.9. The molecule has 1 aromatic heterocycles. The first-order valence-corrected chi connectivity index (χ1v) is 12.1. The Labute approximate surface area is 197 Å². The number of para-hydroxylation sites is 2. The lowest BCUT2D eigenvalue weighted by atomic mass is 10.1. The standard InChI is InChI=1S/C26H26N4O2S/c1-29-25(32)23(33-26(29)28-20-9-3-2-4-10-20)15-18-16-30(22-14-8-7-13-21(18)22)17-24(31)27-19-11-5-6-12-19/h2-4,7-10,13-16,19H,5-6,11-12,17H2,1H3,(H,27,31)/b23-15-,28-26?. The van der Waals surface area contributed by atoms with Gasteiger partial charge >= 0.3 is 0 Å². The Kier molecular flexibility index (Phi) is 6.05. The second-order valence-electron chi connectivity index (χ2n) is 8.48. The second-order valence-corrected chi connectivity index (χ2v) is 9.49. The molecule has 0 radical (unpaired) electrons. The number of thioether (sulfide) groups is 1. The van der Waals surface area contributed by atoms with E-state index in [9.17, 15) is 9.59 Å². The topological polar surface area (TPSA) is 66.7 Å². The zero-order valence-corrected chi connectivity index (χ0v) is 19.3. The number of likely N-dealkylation sites (N-methyl/N-ethyl adjacent to an activating group) is 1. The fraction of sp³-hybridized carbons (Fsp3) is 0.269. The molecule has 5 rings (SSSR count). The van der Waals surface area contributed by atoms with Crippen molar-refractivity contribution in [3.8, 4) is 0 Å². The molecule has 1 saturated heterocycles. The molecule has 1 saturated carbocycles. The van der Waals surface area contributed by atoms with Crippen LogP contribution >= 0.6 is 11.8 Å². The van der Waals surface area contributed by atoms with Gasteiger partial charge in [-0.15, -0.1) is 0 Å². The van der Waals surface area contributed by atoms with Crippen molar-refractivity contribution in [2.45, 2.75) is 38.3 Å². The Morgan fingerprint density at radius 3 is 2.64 bits per heavy atom. The van der Waals surface area contributed by atoms with Crippen LogP contribution in [-0.2, 0) is 16.1 Å². The third-order valence-corrected chi connectivity index (χ3v) is 7.18. The maximum Gasteiger partial charge on any atom is 0.266 e. The smallest absolute Gasteiger partial charge is 0.266 e. The molecule has 0 bridgehead atoms. The van der Waals surface area contributed by atoms with Crippen LogP contribution < -0.4 is 5.32 Å². The van der Waals surface area contributed by atoms with Gasteiger partial charge in [-0.1, -0.05) is 49.2 Å². The van der Waals surface area contributed by atoms with Gasteiger partial charge in [-0.25, -0.2) is 4.99 Å². The summed E-state index contributed by atoms with van der Waals surface area (Å²) in [4.78, 5) is 32.4. The summed E-state index contributed by atoms with van der Waals surface area (Å²) >= 11 is 1.37. The van der Waals surface area contributed by atoms with E-state index in [2.05, 4.69) is 10.3 Å². The number of fused-ring (bicyclic) bond motifs is 1. The quantitative estimate of drug-likeness (QED) is 0.551. The number of carbonyl (C=O) groups excluding carboxylic acids is 2. The average Bonchev–Trinajstić information content (AvgIpc) is 3.52. The van der Waals surface area contributed by atoms with Gasteiger partial charge in [0.15, 0.2) is 5.17 Å². The van der Waals surface area contributed by atoms with Gasteiger partial charge in [0.1, 0.15) is 6.54 Å². The van der Waals surface area contributed by atoms with Gasteiger partial charge in [0.25, 0.3) is 5.91 Å². The summed E-state index contributed by atoms with van der Waals surface area (Å²) in [6.45, 7) is 0.266. The van der Waals surface area contributed by atoms with Crippen LogP contribution in [0.2, 0.25) is 0 Å². The van der Waals surface area contributed by atoms with E-state index in [1.807, 2.05) is 71.4 Å². The van der Waals surface area contributed by atoms with Crippen LogP contribution in [0.5, 0.6) is 0 Å². The molecule has 168 valence electrons. The van der Waals surface area contributed by atoms with Crippen molar-refractivity contribution in [1.29, 1.82) is 0 Å². The molecule has 1 N–H and O–H groups in total. The molecule has 0 spiro atoms. The number of aromatic nitrogens is 1. The highest BCUT2D eigenvalue weighted by Crippen LogP contribution is 2.34. The van der Waals surface area contributed by atoms with Crippen molar-refractivity contribution >= 4 is 51.4 Å². The van der Waals surface area contributed by atoms with Crippen LogP contribution in [0.15, 0.2) is 70.7 Å². The molecule has 6 nitrogen and oxygen atoms in total. The van der Waals surface area contributed by atoms with Gasteiger partial charge in [-0.3, -0.25) is 14.5 Å². The van der Waals surface area contributed by atoms with E-state index in [1.54, 1.807) is 11.9 Å². The minimum atomic E-state index is -0.0783. The molecule has 0 unspecified atom stereocenters. The lowest BCUT2D eigenvalue weighted by Gasteiger charge is -2.12. The van der Waals surface area contributed by atoms with Crippen molar-refractivity contribution in [2.75, 3.05) is 7.05 Å². The first-order chi connectivity index (χ1) is 16.1. The number of aliphatic imine (C=N–C) groups is 1. The molecule has 2 aliphatic rings. The lowest BCUT2D eigenvalue weighted by Crippen LogP contribution is -2.35. The second kappa shape index (κ2) is 9.27. The van der Waals surface area contributed by atoms with Crippen molar-refractivity contribution in [3.63, 3.8) is 0 Å². The van der Waals surface area contributed by atoms with E-state index in [0.717, 1.165) is 35.0 Å². The van der Waals surface area contributed by atoms with Crippen LogP contribution in [0.4, 0.5) is 5.69 Å². The molecule has 33 heavy (non-hydrogen) atoms. The summed E-state index contributed by atoms with van der Waals surface area (Å²) in [6, 6.07) is 17.9.